The summed E-state index contributed by atoms with van der Waals surface area (Å²) in [7, 11) is 5.11. The number of benzene rings is 1. The molecule has 10 nitrogen and oxygen atoms in total. The van der Waals surface area contributed by atoms with E-state index in [9.17, 15) is 34.8 Å². The number of aliphatic hydroxyl groups excluding tert-OH is 2. The number of primary amides is 1. The third-order valence-corrected chi connectivity index (χ3v) is 8.39. The van der Waals surface area contributed by atoms with Crippen LogP contribution in [0.5, 0.6) is 5.75 Å². The first-order chi connectivity index (χ1) is 17.9. The van der Waals surface area contributed by atoms with Crippen LogP contribution in [0.2, 0.25) is 5.02 Å². The highest BCUT2D eigenvalue weighted by molar-refractivity contribution is 6.33. The fourth-order valence-electron chi connectivity index (χ4n) is 6.63. The molecule has 0 bridgehead atoms. The summed E-state index contributed by atoms with van der Waals surface area (Å²) in [6.07, 6.45) is 0.161. The SMILES string of the molecule is CN(Cc1cc(O)c2c(c1Cl)C[C@H]1C[C@H]3[C@H](N(C)C)C(O)=C(C(N)=O)C(=O)[C@@]3(O)C(O)=C1C2=O)CC(C)(C)C. The Hall–Kier alpha value is -2.92. The van der Waals surface area contributed by atoms with Gasteiger partial charge < -0.3 is 31.1 Å². The third kappa shape index (κ3) is 4.53. The van der Waals surface area contributed by atoms with Crippen molar-refractivity contribution in [2.45, 2.75) is 51.8 Å². The summed E-state index contributed by atoms with van der Waals surface area (Å²) in [5.41, 5.74) is 2.64. The van der Waals surface area contributed by atoms with Crippen molar-refractivity contribution in [3.63, 3.8) is 0 Å². The molecule has 0 radical (unpaired) electrons. The van der Waals surface area contributed by atoms with Gasteiger partial charge in [-0.2, -0.15) is 0 Å². The first-order valence-electron chi connectivity index (χ1n) is 12.8. The minimum atomic E-state index is -2.67. The molecule has 11 heteroatoms. The zero-order valence-corrected chi connectivity index (χ0v) is 23.8. The predicted octanol–water partition coefficient (Wildman–Crippen LogP) is 2.25. The molecule has 1 amide bonds. The van der Waals surface area contributed by atoms with Gasteiger partial charge in [-0.05, 0) is 62.5 Å². The molecule has 0 saturated heterocycles. The molecular formula is C28H36ClN3O7. The molecule has 1 aromatic carbocycles. The first kappa shape index (κ1) is 29.1. The molecule has 3 aliphatic rings. The number of aliphatic hydroxyl groups is 3. The normalized spacial score (nSPS) is 27.2. The molecule has 0 unspecified atom stereocenters. The highest BCUT2D eigenvalue weighted by Crippen LogP contribution is 2.53. The molecular weight excluding hydrogens is 526 g/mol. The van der Waals surface area contributed by atoms with Gasteiger partial charge in [0, 0.05) is 29.6 Å². The number of amides is 1. The Balaban J connectivity index is 1.84. The van der Waals surface area contributed by atoms with E-state index in [-0.39, 0.29) is 35.1 Å². The van der Waals surface area contributed by atoms with E-state index >= 15 is 0 Å². The number of aromatic hydroxyl groups is 1. The van der Waals surface area contributed by atoms with Gasteiger partial charge in [0.05, 0.1) is 11.6 Å². The second-order valence-electron chi connectivity index (χ2n) is 12.4. The maximum absolute atomic E-state index is 13.7. The molecule has 4 atom stereocenters. The number of ketones is 2. The van der Waals surface area contributed by atoms with Crippen molar-refractivity contribution in [3.05, 3.63) is 50.4 Å². The molecule has 3 aliphatic carbocycles. The van der Waals surface area contributed by atoms with E-state index in [1.165, 1.54) is 11.0 Å². The van der Waals surface area contributed by atoms with E-state index in [2.05, 4.69) is 25.7 Å². The van der Waals surface area contributed by atoms with Crippen molar-refractivity contribution in [2.75, 3.05) is 27.7 Å². The molecule has 0 aliphatic heterocycles. The number of hydrogen-bond donors (Lipinski definition) is 5. The van der Waals surface area contributed by atoms with E-state index in [1.807, 2.05) is 7.05 Å². The maximum Gasteiger partial charge on any atom is 0.255 e. The number of carbonyl (C=O) groups is 3. The Morgan fingerprint density at radius 1 is 1.18 bits per heavy atom. The van der Waals surface area contributed by atoms with Gasteiger partial charge in [-0.3, -0.25) is 19.3 Å². The van der Waals surface area contributed by atoms with Crippen LogP contribution in [0, 0.1) is 17.3 Å². The van der Waals surface area contributed by atoms with Crippen molar-refractivity contribution in [2.24, 2.45) is 23.0 Å². The maximum atomic E-state index is 13.7. The highest BCUT2D eigenvalue weighted by atomic mass is 35.5. The monoisotopic (exact) mass is 561 g/mol. The lowest BCUT2D eigenvalue weighted by Crippen LogP contribution is -2.63. The standard InChI is InChI=1S/C28H36ClN3O7/c1-27(2,3)11-32(6)10-13-9-16(33)18-14(20(13)29)7-12-8-15-21(31(4)5)23(35)19(26(30)38)25(37)28(15,39)24(36)17(12)22(18)34/h9,12,15,21,33,35-36,39H,7-8,10-11H2,1-6H3,(H2,30,38)/t12-,15-,21-,28-/m0/s1. The number of hydrogen-bond acceptors (Lipinski definition) is 9. The van der Waals surface area contributed by atoms with E-state index in [0.717, 1.165) is 6.54 Å². The van der Waals surface area contributed by atoms with E-state index < -0.39 is 58.0 Å². The minimum Gasteiger partial charge on any atom is -0.510 e. The number of carbonyl (C=O) groups excluding carboxylic acids is 3. The summed E-state index contributed by atoms with van der Waals surface area (Å²) in [4.78, 5) is 42.7. The van der Waals surface area contributed by atoms with Gasteiger partial charge in [-0.1, -0.05) is 32.4 Å². The Morgan fingerprint density at radius 2 is 1.79 bits per heavy atom. The molecule has 0 aromatic heterocycles. The van der Waals surface area contributed by atoms with Crippen LogP contribution in [0.3, 0.4) is 0 Å². The van der Waals surface area contributed by atoms with E-state index in [0.29, 0.717) is 22.7 Å². The number of likely N-dealkylation sites (N-methyl/N-ethyl adjacent to an activating group) is 1. The average Bonchev–Trinajstić information content (AvgIpc) is 2.77. The Labute approximate surface area is 232 Å². The molecule has 1 aromatic rings. The number of nitrogens with zero attached hydrogens (tertiary/aromatic N) is 2. The quantitative estimate of drug-likeness (QED) is 0.339. The van der Waals surface area contributed by atoms with Crippen molar-refractivity contribution < 1.29 is 34.8 Å². The van der Waals surface area contributed by atoms with E-state index in [1.54, 1.807) is 14.1 Å². The number of phenols is 1. The summed E-state index contributed by atoms with van der Waals surface area (Å²) in [5, 5.41) is 45.1. The van der Waals surface area contributed by atoms with Gasteiger partial charge in [0.15, 0.2) is 11.4 Å². The summed E-state index contributed by atoms with van der Waals surface area (Å²) >= 11 is 6.81. The zero-order valence-electron chi connectivity index (χ0n) is 23.0. The average molecular weight is 562 g/mol. The van der Waals surface area contributed by atoms with Gasteiger partial charge in [0.1, 0.15) is 22.8 Å². The Kier molecular flexibility index (Phi) is 7.17. The molecule has 0 spiro atoms. The number of nitrogens with two attached hydrogens (primary N) is 1. The minimum absolute atomic E-state index is 0.0109. The zero-order chi connectivity index (χ0) is 29.4. The molecule has 212 valence electrons. The van der Waals surface area contributed by atoms with Crippen molar-refractivity contribution in [3.8, 4) is 5.75 Å². The van der Waals surface area contributed by atoms with Crippen molar-refractivity contribution in [1.29, 1.82) is 0 Å². The first-order valence-corrected chi connectivity index (χ1v) is 13.2. The molecule has 0 saturated carbocycles. The molecule has 39 heavy (non-hydrogen) atoms. The lowest BCUT2D eigenvalue weighted by atomic mass is 9.58. The molecule has 6 N–H and O–H groups in total. The summed E-state index contributed by atoms with van der Waals surface area (Å²) < 4.78 is 0. The van der Waals surface area contributed by atoms with Crippen LogP contribution in [0.25, 0.3) is 0 Å². The van der Waals surface area contributed by atoms with Crippen LogP contribution in [0.4, 0.5) is 0 Å². The van der Waals surface area contributed by atoms with E-state index in [4.69, 9.17) is 17.3 Å². The van der Waals surface area contributed by atoms with Crippen LogP contribution in [-0.4, -0.2) is 87.0 Å². The fourth-order valence-corrected chi connectivity index (χ4v) is 6.91. The molecule has 4 rings (SSSR count). The second-order valence-corrected chi connectivity index (χ2v) is 12.8. The summed E-state index contributed by atoms with van der Waals surface area (Å²) in [6.45, 7) is 7.51. The Morgan fingerprint density at radius 3 is 2.33 bits per heavy atom. The van der Waals surface area contributed by atoms with Crippen LogP contribution >= 0.6 is 11.6 Å². The van der Waals surface area contributed by atoms with Crippen molar-refractivity contribution >= 4 is 29.1 Å². The number of phenolic OH excluding ortho intramolecular Hbond substituents is 1. The van der Waals surface area contributed by atoms with Crippen LogP contribution in [0.1, 0.15) is 48.7 Å². The van der Waals surface area contributed by atoms with Crippen LogP contribution in [0.15, 0.2) is 28.7 Å². The highest BCUT2D eigenvalue weighted by Gasteiger charge is 2.63. The van der Waals surface area contributed by atoms with Crippen LogP contribution < -0.4 is 5.73 Å². The number of allylic oxidation sites excluding steroid dienone is 1. The van der Waals surface area contributed by atoms with Gasteiger partial charge >= 0.3 is 0 Å². The van der Waals surface area contributed by atoms with Gasteiger partial charge in [0.2, 0.25) is 5.78 Å². The fraction of sp³-hybridized carbons (Fsp3) is 0.536. The van der Waals surface area contributed by atoms with Gasteiger partial charge in [-0.25, -0.2) is 0 Å². The largest absolute Gasteiger partial charge is 0.510 e. The molecule has 0 heterocycles. The predicted molar refractivity (Wildman–Crippen MR) is 144 cm³/mol. The van der Waals surface area contributed by atoms with Gasteiger partial charge in [-0.15, -0.1) is 0 Å². The third-order valence-electron chi connectivity index (χ3n) is 7.92. The van der Waals surface area contributed by atoms with Gasteiger partial charge in [0.25, 0.3) is 5.91 Å². The number of fused-ring (bicyclic) bond motifs is 3. The summed E-state index contributed by atoms with van der Waals surface area (Å²) in [6, 6.07) is 0.382. The number of rotatable bonds is 5. The Bertz CT molecular complexity index is 1340. The number of Topliss-reactive ketones (excluding diaryl/α,β-unsaturated/α-hetero) is 2. The van der Waals surface area contributed by atoms with Crippen LogP contribution in [-0.2, 0) is 22.6 Å². The number of halogens is 1. The molecule has 0 fully saturated rings. The van der Waals surface area contributed by atoms with Crippen molar-refractivity contribution in [1.82, 2.24) is 9.80 Å². The smallest absolute Gasteiger partial charge is 0.255 e. The second kappa shape index (κ2) is 9.62. The lowest BCUT2D eigenvalue weighted by Gasteiger charge is -2.50. The topological polar surface area (TPSA) is 165 Å². The summed E-state index contributed by atoms with van der Waals surface area (Å²) in [5.74, 6) is -6.86. The lowest BCUT2D eigenvalue weighted by molar-refractivity contribution is -0.148.